The van der Waals surface area contributed by atoms with Crippen molar-refractivity contribution in [3.8, 4) is 5.75 Å². The van der Waals surface area contributed by atoms with Crippen molar-refractivity contribution >= 4 is 86.2 Å². The number of hydrogen-bond donors (Lipinski definition) is 5. The number of aliphatic carboxylic acids is 1. The number of hydrazine groups is 1. The third-order valence-electron chi connectivity index (χ3n) is 13.0. The zero-order chi connectivity index (χ0) is 55.8. The molecule has 1 aliphatic heterocycles. The number of benzene rings is 1. The third kappa shape index (κ3) is 22.5. The van der Waals surface area contributed by atoms with Crippen LogP contribution >= 0.6 is 32.9 Å². The summed E-state index contributed by atoms with van der Waals surface area (Å²) in [5, 5.41) is 24.0. The minimum Gasteiger partial charge on any atom is -0.508 e. The maximum atomic E-state index is 15.0. The van der Waals surface area contributed by atoms with Crippen LogP contribution in [0, 0.1) is 29.6 Å². The Morgan fingerprint density at radius 3 is 2.25 bits per heavy atom. The number of ketones is 2. The van der Waals surface area contributed by atoms with Crippen molar-refractivity contribution < 1.29 is 67.6 Å². The molecule has 8 atom stereocenters. The van der Waals surface area contributed by atoms with Crippen LogP contribution in [0.3, 0.4) is 0 Å². The summed E-state index contributed by atoms with van der Waals surface area (Å²) < 4.78 is 16.7. The molecule has 5 N–H and O–H groups in total. The summed E-state index contributed by atoms with van der Waals surface area (Å²) in [7, 11) is 4.44. The number of likely N-dealkylation sites (N-methyl/N-ethyl adjacent to an activating group) is 1. The van der Waals surface area contributed by atoms with Gasteiger partial charge in [0.25, 0.3) is 5.91 Å². The van der Waals surface area contributed by atoms with Crippen molar-refractivity contribution in [2.75, 3.05) is 38.4 Å². The van der Waals surface area contributed by atoms with E-state index in [4.69, 9.17) is 14.2 Å². The number of ether oxygens (including phenoxy) is 3. The molecule has 0 aliphatic carbocycles. The van der Waals surface area contributed by atoms with E-state index in [0.717, 1.165) is 36.3 Å². The number of phenolic OH excluding ortho intramolecular Hbond substituents is 1. The number of hydrogen-bond acceptors (Lipinski definition) is 18. The summed E-state index contributed by atoms with van der Waals surface area (Å²) >= 11 is 1.07. The van der Waals surface area contributed by atoms with Gasteiger partial charge in [0.1, 0.15) is 28.8 Å². The molecule has 75 heavy (non-hydrogen) atoms. The number of carboxylic acids is 1. The summed E-state index contributed by atoms with van der Waals surface area (Å²) in [4.78, 5) is 125. The summed E-state index contributed by atoms with van der Waals surface area (Å²) in [6, 6.07) is 4.68. The summed E-state index contributed by atoms with van der Waals surface area (Å²) in [6.45, 7) is 14.1. The van der Waals surface area contributed by atoms with E-state index in [-0.39, 0.29) is 109 Å². The lowest BCUT2D eigenvalue weighted by Gasteiger charge is -2.39. The first-order valence-electron chi connectivity index (χ1n) is 25.6. The lowest BCUT2D eigenvalue weighted by molar-refractivity contribution is -0.161. The summed E-state index contributed by atoms with van der Waals surface area (Å²) in [6.07, 6.45) is 2.20. The van der Waals surface area contributed by atoms with Crippen molar-refractivity contribution in [1.29, 1.82) is 0 Å². The van der Waals surface area contributed by atoms with Crippen LogP contribution in [-0.4, -0.2) is 135 Å². The van der Waals surface area contributed by atoms with Crippen LogP contribution in [0.2, 0.25) is 0 Å². The second-order valence-electron chi connectivity index (χ2n) is 19.5. The molecular weight excluding hydrogens is 1030 g/mol. The van der Waals surface area contributed by atoms with Gasteiger partial charge in [-0.25, -0.2) is 15.2 Å². The largest absolute Gasteiger partial charge is 0.508 e. The smallest absolute Gasteiger partial charge is 0.426 e. The number of rotatable bonds is 32. The zero-order valence-electron chi connectivity index (χ0n) is 44.8. The van der Waals surface area contributed by atoms with Gasteiger partial charge in [-0.05, 0) is 82.2 Å². The number of thiazole rings is 1. The molecular formula is C52H78N6O14S3. The Labute approximate surface area is 452 Å². The van der Waals surface area contributed by atoms with Crippen LogP contribution in [0.5, 0.6) is 5.75 Å². The number of nitrogens with zero attached hydrogens (tertiary/aromatic N) is 3. The van der Waals surface area contributed by atoms with Crippen LogP contribution in [0.25, 0.3) is 0 Å². The Morgan fingerprint density at radius 1 is 0.933 bits per heavy atom. The highest BCUT2D eigenvalue weighted by molar-refractivity contribution is 8.76. The molecule has 1 aromatic heterocycles. The summed E-state index contributed by atoms with van der Waals surface area (Å²) in [5.74, 6) is -6.20. The van der Waals surface area contributed by atoms with E-state index in [1.54, 1.807) is 19.1 Å². The fraction of sp³-hybridized carbons (Fsp3) is 0.654. The first-order chi connectivity index (χ1) is 35.5. The molecule has 0 radical (unpaired) electrons. The number of likely N-dealkylation sites (tertiary alicyclic amines) is 1. The van der Waals surface area contributed by atoms with Crippen LogP contribution < -0.4 is 16.2 Å². The predicted molar refractivity (Wildman–Crippen MR) is 286 cm³/mol. The number of carbonyl (C=O) groups excluding carboxylic acids is 8. The normalized spacial score (nSPS) is 16.5. The molecule has 1 aliphatic rings. The Kier molecular flexibility index (Phi) is 28.2. The van der Waals surface area contributed by atoms with Gasteiger partial charge >= 0.3 is 24.0 Å². The molecule has 1 aromatic carbocycles. The highest BCUT2D eigenvalue weighted by atomic mass is 33.1. The molecule has 0 saturated carbocycles. The van der Waals surface area contributed by atoms with Crippen molar-refractivity contribution in [2.24, 2.45) is 29.6 Å². The number of piperidine rings is 1. The summed E-state index contributed by atoms with van der Waals surface area (Å²) in [5.41, 5.74) is 5.26. The van der Waals surface area contributed by atoms with Gasteiger partial charge < -0.3 is 39.4 Å². The number of amides is 4. The van der Waals surface area contributed by atoms with Crippen LogP contribution in [0.15, 0.2) is 29.6 Å². The average Bonchev–Trinajstić information content (AvgIpc) is 3.86. The number of nitrogens with one attached hydrogen (secondary N) is 3. The molecule has 2 aromatic rings. The lowest BCUT2D eigenvalue weighted by atomic mass is 9.82. The third-order valence-corrected chi connectivity index (χ3v) is 16.4. The first-order valence-corrected chi connectivity index (χ1v) is 29.0. The highest BCUT2D eigenvalue weighted by Gasteiger charge is 2.40. The number of carboxylic acid groups (broad SMARTS) is 1. The molecule has 0 bridgehead atoms. The predicted octanol–water partition coefficient (Wildman–Crippen LogP) is 7.29. The Hall–Kier alpha value is -5.26. The topological polar surface area (TPSA) is 277 Å². The number of aromatic nitrogens is 1. The standard InChI is InChI=1S/C52H78N6O14S3/c1-10-14-46(63)71-30-58(50(66)40(32(5)11-2)26-44(62)42-15-12-13-20-57(42)9)43(31(3)4)27-45(72-35(8)60)49-54-41(29-73-49)48(65)53-38(25-36-16-18-39(61)19-17-36)23-33(6)47(64)55-56-52(69)70-21-22-74-75-28-37(51(67)68)24-34(7)59/h16-19,29,31-33,37-38,40,42-43,45,61H,10-15,20-28,30H2,1-9H3,(H,53,65)(H,55,64)(H,56,69)(H,67,68)/t32?,33-,37-,38+,40-,42+,43+,45+/m0/s1. The van der Waals surface area contributed by atoms with Crippen molar-refractivity contribution in [1.82, 2.24) is 31.0 Å². The monoisotopic (exact) mass is 1110 g/mol. The van der Waals surface area contributed by atoms with Crippen LogP contribution in [0.4, 0.5) is 4.79 Å². The van der Waals surface area contributed by atoms with Gasteiger partial charge in [0.2, 0.25) is 11.8 Å². The van der Waals surface area contributed by atoms with Crippen molar-refractivity contribution in [3.05, 3.63) is 45.9 Å². The second-order valence-corrected chi connectivity index (χ2v) is 23.1. The van der Waals surface area contributed by atoms with Crippen molar-refractivity contribution in [3.63, 3.8) is 0 Å². The van der Waals surface area contributed by atoms with E-state index >= 15 is 0 Å². The maximum absolute atomic E-state index is 15.0. The van der Waals surface area contributed by atoms with E-state index < -0.39 is 71.8 Å². The second kappa shape index (κ2) is 33.0. The zero-order valence-corrected chi connectivity index (χ0v) is 47.2. The van der Waals surface area contributed by atoms with E-state index in [2.05, 4.69) is 21.2 Å². The average molecular weight is 1110 g/mol. The number of aromatic hydroxyl groups is 1. The fourth-order valence-electron chi connectivity index (χ4n) is 8.62. The van der Waals surface area contributed by atoms with E-state index in [9.17, 15) is 53.4 Å². The van der Waals surface area contributed by atoms with Gasteiger partial charge in [-0.2, -0.15) is 0 Å². The Bertz CT molecular complexity index is 2210. The minimum atomic E-state index is -1.06. The van der Waals surface area contributed by atoms with Gasteiger partial charge in [-0.15, -0.1) is 11.3 Å². The molecule has 1 saturated heterocycles. The number of carbonyl (C=O) groups is 9. The SMILES string of the molecule is CCCC(=O)OCN(C(=O)[C@@H](CC(=O)[C@H]1CCCCN1C)C(C)CC)[C@H](C[C@@H](OC(C)=O)c1nc(C(=O)N[C@@H](Cc2ccc(O)cc2)C[C@H](C)C(=O)NNC(=O)OCCSSC[C@H](CC(C)=O)C(=O)O)cs1)C(C)C. The van der Waals surface area contributed by atoms with Crippen LogP contribution in [-0.2, 0) is 54.2 Å². The van der Waals surface area contributed by atoms with E-state index in [0.29, 0.717) is 25.0 Å². The van der Waals surface area contributed by atoms with Crippen LogP contribution in [0.1, 0.15) is 147 Å². The van der Waals surface area contributed by atoms with Gasteiger partial charge in [0.15, 0.2) is 18.6 Å². The number of Topliss-reactive ketones (excluding diaryl/α,β-unsaturated/α-hetero) is 2. The minimum absolute atomic E-state index is 0.00995. The molecule has 3 rings (SSSR count). The Morgan fingerprint density at radius 2 is 1.64 bits per heavy atom. The Balaban J connectivity index is 1.80. The first kappa shape index (κ1) is 64.0. The molecule has 1 fully saturated rings. The highest BCUT2D eigenvalue weighted by Crippen LogP contribution is 2.34. The quantitative estimate of drug-likeness (QED) is 0.0120. The number of esters is 2. The molecule has 4 amide bonds. The molecule has 23 heteroatoms. The molecule has 1 unspecified atom stereocenters. The van der Waals surface area contributed by atoms with Gasteiger partial charge in [-0.1, -0.05) is 88.1 Å². The van der Waals surface area contributed by atoms with Gasteiger partial charge in [-0.3, -0.25) is 43.9 Å². The van der Waals surface area contributed by atoms with Gasteiger partial charge in [0, 0.05) is 73.4 Å². The van der Waals surface area contributed by atoms with E-state index in [1.807, 2.05) is 46.6 Å². The fourth-order valence-corrected chi connectivity index (χ4v) is 11.6. The molecule has 0 spiro atoms. The number of phenols is 1. The maximum Gasteiger partial charge on any atom is 0.426 e. The molecule has 2 heterocycles. The van der Waals surface area contributed by atoms with Gasteiger partial charge in [0.05, 0.1) is 12.0 Å². The lowest BCUT2D eigenvalue weighted by Crippen LogP contribution is -2.50. The molecule has 418 valence electrons. The van der Waals surface area contributed by atoms with E-state index in [1.165, 1.54) is 57.8 Å². The van der Waals surface area contributed by atoms with Crippen molar-refractivity contribution in [2.45, 2.75) is 150 Å². The molecule has 20 nitrogen and oxygen atoms in total.